The number of imide groups is 1. The van der Waals surface area contributed by atoms with E-state index in [1.165, 1.54) is 0 Å². The predicted octanol–water partition coefficient (Wildman–Crippen LogP) is -0.285. The molecule has 1 unspecified atom stereocenters. The van der Waals surface area contributed by atoms with Crippen LogP contribution in [0.5, 0.6) is 0 Å². The molecule has 24 heavy (non-hydrogen) atoms. The minimum absolute atomic E-state index is 0.227. The molecule has 2 saturated heterocycles. The molecule has 9 nitrogen and oxygen atoms in total. The molecule has 2 aromatic rings. The molecule has 2 N–H and O–H groups in total. The standard InChI is InChI=1S/C15H19N7O2/c1-10-8-11-14(16-2-3-22(11)19-10)21-6-4-20(5-7-21)12-9-13(23)18-15(24)17-12/h2-3,8,12H,4-7,9H2,1H3,(H2,17,18,23,24). The highest BCUT2D eigenvalue weighted by Crippen LogP contribution is 2.21. The first-order chi connectivity index (χ1) is 11.6. The van der Waals surface area contributed by atoms with E-state index in [1.54, 1.807) is 6.20 Å². The smallest absolute Gasteiger partial charge is 0.322 e. The van der Waals surface area contributed by atoms with Crippen molar-refractivity contribution in [2.75, 3.05) is 31.1 Å². The van der Waals surface area contributed by atoms with E-state index in [9.17, 15) is 9.59 Å². The van der Waals surface area contributed by atoms with Gasteiger partial charge in [0.25, 0.3) is 0 Å². The van der Waals surface area contributed by atoms with Gasteiger partial charge < -0.3 is 10.2 Å². The van der Waals surface area contributed by atoms with Gasteiger partial charge in [-0.1, -0.05) is 0 Å². The van der Waals surface area contributed by atoms with Crippen LogP contribution in [0.1, 0.15) is 12.1 Å². The molecule has 126 valence electrons. The number of rotatable bonds is 2. The summed E-state index contributed by atoms with van der Waals surface area (Å²) in [6.07, 6.45) is 3.67. The van der Waals surface area contributed by atoms with E-state index in [0.29, 0.717) is 6.42 Å². The summed E-state index contributed by atoms with van der Waals surface area (Å²) in [6, 6.07) is 1.61. The minimum Gasteiger partial charge on any atom is -0.352 e. The van der Waals surface area contributed by atoms with Crippen LogP contribution in [0.3, 0.4) is 0 Å². The van der Waals surface area contributed by atoms with Crippen molar-refractivity contribution >= 4 is 23.3 Å². The van der Waals surface area contributed by atoms with Crippen LogP contribution in [0, 0.1) is 6.92 Å². The lowest BCUT2D eigenvalue weighted by atomic mass is 10.2. The molecule has 4 heterocycles. The van der Waals surface area contributed by atoms with Crippen molar-refractivity contribution in [1.29, 1.82) is 0 Å². The van der Waals surface area contributed by atoms with E-state index >= 15 is 0 Å². The van der Waals surface area contributed by atoms with Gasteiger partial charge in [-0.05, 0) is 13.0 Å². The highest BCUT2D eigenvalue weighted by atomic mass is 16.2. The number of amides is 3. The molecule has 2 aliphatic rings. The third-order valence-electron chi connectivity index (χ3n) is 4.48. The fraction of sp³-hybridized carbons (Fsp3) is 0.467. The summed E-state index contributed by atoms with van der Waals surface area (Å²) >= 11 is 0. The number of hydrogen-bond acceptors (Lipinski definition) is 6. The molecule has 4 rings (SSSR count). The molecule has 0 saturated carbocycles. The molecule has 0 aromatic carbocycles. The fourth-order valence-electron chi connectivity index (χ4n) is 3.33. The van der Waals surface area contributed by atoms with E-state index in [1.807, 2.05) is 23.7 Å². The van der Waals surface area contributed by atoms with E-state index < -0.39 is 6.03 Å². The molecule has 2 fully saturated rings. The van der Waals surface area contributed by atoms with Gasteiger partial charge in [0.1, 0.15) is 5.52 Å². The number of fused-ring (bicyclic) bond motifs is 1. The zero-order chi connectivity index (χ0) is 16.7. The van der Waals surface area contributed by atoms with Crippen molar-refractivity contribution in [1.82, 2.24) is 30.1 Å². The molecule has 0 radical (unpaired) electrons. The average Bonchev–Trinajstić information content (AvgIpc) is 2.94. The second-order valence-electron chi connectivity index (χ2n) is 6.13. The monoisotopic (exact) mass is 329 g/mol. The van der Waals surface area contributed by atoms with E-state index in [0.717, 1.165) is 43.2 Å². The van der Waals surface area contributed by atoms with Crippen LogP contribution in [-0.2, 0) is 4.79 Å². The van der Waals surface area contributed by atoms with Crippen LogP contribution in [0.4, 0.5) is 10.6 Å². The average molecular weight is 329 g/mol. The molecule has 0 aliphatic carbocycles. The molecular formula is C15H19N7O2. The summed E-state index contributed by atoms with van der Waals surface area (Å²) in [5.74, 6) is 0.690. The summed E-state index contributed by atoms with van der Waals surface area (Å²) in [7, 11) is 0. The topological polar surface area (TPSA) is 94.9 Å². The molecule has 9 heteroatoms. The summed E-state index contributed by atoms with van der Waals surface area (Å²) in [4.78, 5) is 31.9. The van der Waals surface area contributed by atoms with Crippen LogP contribution >= 0.6 is 0 Å². The Kier molecular flexibility index (Phi) is 3.57. The first-order valence-corrected chi connectivity index (χ1v) is 8.00. The minimum atomic E-state index is -0.417. The van der Waals surface area contributed by atoms with Gasteiger partial charge in [-0.3, -0.25) is 15.0 Å². The van der Waals surface area contributed by atoms with Crippen LogP contribution in [0.2, 0.25) is 0 Å². The lowest BCUT2D eigenvalue weighted by molar-refractivity contribution is -0.122. The molecule has 3 amide bonds. The first-order valence-electron chi connectivity index (χ1n) is 8.00. The number of hydrogen-bond donors (Lipinski definition) is 2. The number of urea groups is 1. The van der Waals surface area contributed by atoms with Crippen molar-refractivity contribution in [2.45, 2.75) is 19.5 Å². The molecule has 0 bridgehead atoms. The number of aromatic nitrogens is 3. The highest BCUT2D eigenvalue weighted by Gasteiger charge is 2.31. The molecule has 2 aliphatic heterocycles. The van der Waals surface area contributed by atoms with Crippen molar-refractivity contribution in [3.8, 4) is 0 Å². The van der Waals surface area contributed by atoms with Crippen LogP contribution < -0.4 is 15.5 Å². The number of piperazine rings is 1. The number of carbonyl (C=O) groups is 2. The Bertz CT molecular complexity index is 778. The Balaban J connectivity index is 1.47. The molecule has 0 spiro atoms. The number of nitrogens with one attached hydrogen (secondary N) is 2. The summed E-state index contributed by atoms with van der Waals surface area (Å²) < 4.78 is 1.84. The number of nitrogens with zero attached hydrogens (tertiary/aromatic N) is 5. The Morgan fingerprint density at radius 1 is 1.21 bits per heavy atom. The van der Waals surface area contributed by atoms with E-state index in [-0.39, 0.29) is 12.1 Å². The van der Waals surface area contributed by atoms with Crippen LogP contribution in [-0.4, -0.2) is 63.8 Å². The Morgan fingerprint density at radius 2 is 2.00 bits per heavy atom. The van der Waals surface area contributed by atoms with Gasteiger partial charge in [0, 0.05) is 38.6 Å². The summed E-state index contributed by atoms with van der Waals surface area (Å²) in [5, 5.41) is 9.49. The van der Waals surface area contributed by atoms with Gasteiger partial charge in [-0.25, -0.2) is 14.3 Å². The third-order valence-corrected chi connectivity index (χ3v) is 4.48. The second kappa shape index (κ2) is 5.75. The number of carbonyl (C=O) groups excluding carboxylic acids is 2. The maximum Gasteiger partial charge on any atom is 0.322 e. The maximum absolute atomic E-state index is 11.5. The van der Waals surface area contributed by atoms with Crippen molar-refractivity contribution < 1.29 is 9.59 Å². The largest absolute Gasteiger partial charge is 0.352 e. The highest BCUT2D eigenvalue weighted by molar-refractivity contribution is 5.97. The molecular weight excluding hydrogens is 310 g/mol. The van der Waals surface area contributed by atoms with Gasteiger partial charge >= 0.3 is 6.03 Å². The lowest BCUT2D eigenvalue weighted by Crippen LogP contribution is -2.62. The molecule has 1 atom stereocenters. The zero-order valence-electron chi connectivity index (χ0n) is 13.4. The van der Waals surface area contributed by atoms with Gasteiger partial charge in [0.15, 0.2) is 5.82 Å². The first kappa shape index (κ1) is 14.9. The van der Waals surface area contributed by atoms with Gasteiger partial charge in [-0.15, -0.1) is 0 Å². The predicted molar refractivity (Wildman–Crippen MR) is 86.6 cm³/mol. The van der Waals surface area contributed by atoms with Crippen molar-refractivity contribution in [3.63, 3.8) is 0 Å². The second-order valence-corrected chi connectivity index (χ2v) is 6.13. The van der Waals surface area contributed by atoms with E-state index in [4.69, 9.17) is 0 Å². The maximum atomic E-state index is 11.5. The SMILES string of the molecule is Cc1cc2c(N3CCN(C4CC(=O)NC(=O)N4)CC3)nccn2n1. The van der Waals surface area contributed by atoms with Crippen LogP contribution in [0.25, 0.3) is 5.52 Å². The van der Waals surface area contributed by atoms with Gasteiger partial charge in [-0.2, -0.15) is 5.10 Å². The van der Waals surface area contributed by atoms with E-state index in [2.05, 4.69) is 30.5 Å². The van der Waals surface area contributed by atoms with Crippen molar-refractivity contribution in [2.24, 2.45) is 0 Å². The Labute approximate surface area is 138 Å². The summed E-state index contributed by atoms with van der Waals surface area (Å²) in [5.41, 5.74) is 1.95. The molecule has 2 aromatic heterocycles. The number of aryl methyl sites for hydroxylation is 1. The Morgan fingerprint density at radius 3 is 2.75 bits per heavy atom. The normalized spacial score (nSPS) is 22.5. The fourth-order valence-corrected chi connectivity index (χ4v) is 3.33. The quantitative estimate of drug-likeness (QED) is 0.787. The van der Waals surface area contributed by atoms with Gasteiger partial charge in [0.2, 0.25) is 5.91 Å². The third kappa shape index (κ3) is 2.67. The Hall–Kier alpha value is -2.68. The summed E-state index contributed by atoms with van der Waals surface area (Å²) in [6.45, 7) is 5.05. The lowest BCUT2D eigenvalue weighted by Gasteiger charge is -2.40. The van der Waals surface area contributed by atoms with Crippen LogP contribution in [0.15, 0.2) is 18.5 Å². The van der Waals surface area contributed by atoms with Crippen molar-refractivity contribution in [3.05, 3.63) is 24.2 Å². The van der Waals surface area contributed by atoms with Gasteiger partial charge in [0.05, 0.1) is 18.3 Å². The number of anilines is 1. The zero-order valence-corrected chi connectivity index (χ0v) is 13.4.